The summed E-state index contributed by atoms with van der Waals surface area (Å²) in [4.78, 5) is 28.1. The van der Waals surface area contributed by atoms with Gasteiger partial charge >= 0.3 is 6.09 Å². The summed E-state index contributed by atoms with van der Waals surface area (Å²) in [5.74, 6) is 0.00577. The maximum Gasteiger partial charge on any atom is 0.410 e. The van der Waals surface area contributed by atoms with Crippen molar-refractivity contribution in [3.63, 3.8) is 0 Å². The van der Waals surface area contributed by atoms with Gasteiger partial charge in [-0.15, -0.1) is 0 Å². The van der Waals surface area contributed by atoms with E-state index >= 15 is 0 Å². The second kappa shape index (κ2) is 9.16. The Morgan fingerprint density at radius 1 is 1.16 bits per heavy atom. The summed E-state index contributed by atoms with van der Waals surface area (Å²) >= 11 is 0. The highest BCUT2D eigenvalue weighted by Crippen LogP contribution is 2.33. The van der Waals surface area contributed by atoms with E-state index in [1.54, 1.807) is 16.8 Å². The predicted octanol–water partition coefficient (Wildman–Crippen LogP) is 3.57. The van der Waals surface area contributed by atoms with Crippen LogP contribution >= 0.6 is 0 Å². The summed E-state index contributed by atoms with van der Waals surface area (Å²) in [6.07, 6.45) is 2.33. The second-order valence-corrected chi connectivity index (χ2v) is 8.48. The number of nitrogens with zero attached hydrogens (tertiary/aromatic N) is 2. The van der Waals surface area contributed by atoms with Crippen molar-refractivity contribution < 1.29 is 23.5 Å². The molecular weight excluding hydrogens is 413 g/mol. The topological polar surface area (TPSA) is 85.1 Å². The Morgan fingerprint density at radius 2 is 1.91 bits per heavy atom. The minimum Gasteiger partial charge on any atom is -0.457 e. The van der Waals surface area contributed by atoms with Crippen LogP contribution in [0.5, 0.6) is 11.5 Å². The lowest BCUT2D eigenvalue weighted by Gasteiger charge is -2.25. The molecule has 2 aliphatic heterocycles. The van der Waals surface area contributed by atoms with Gasteiger partial charge < -0.3 is 25.0 Å². The van der Waals surface area contributed by atoms with Crippen molar-refractivity contribution in [2.75, 3.05) is 33.2 Å². The van der Waals surface area contributed by atoms with Crippen LogP contribution in [0.1, 0.15) is 35.2 Å². The molecule has 2 aliphatic rings. The molecule has 1 atom stereocenters. The summed E-state index contributed by atoms with van der Waals surface area (Å²) in [5, 5.41) is 0. The molecule has 0 aromatic heterocycles. The molecule has 4 rings (SSSR count). The van der Waals surface area contributed by atoms with Crippen molar-refractivity contribution >= 4 is 12.0 Å². The number of rotatable bonds is 5. The van der Waals surface area contributed by atoms with Gasteiger partial charge in [-0.3, -0.25) is 4.79 Å². The van der Waals surface area contributed by atoms with Crippen LogP contribution in [0.25, 0.3) is 0 Å². The number of nitrogens with two attached hydrogens (primary N) is 1. The van der Waals surface area contributed by atoms with Gasteiger partial charge in [-0.05, 0) is 61.7 Å². The van der Waals surface area contributed by atoms with E-state index in [0.717, 1.165) is 12.0 Å². The summed E-state index contributed by atoms with van der Waals surface area (Å²) in [5.41, 5.74) is 6.08. The lowest BCUT2D eigenvalue weighted by molar-refractivity contribution is 0.0438. The Hall–Kier alpha value is -3.13. The lowest BCUT2D eigenvalue weighted by atomic mass is 9.95. The number of amides is 2. The average Bonchev–Trinajstić information content (AvgIpc) is 2.93. The molecule has 2 aromatic rings. The fourth-order valence-corrected chi connectivity index (χ4v) is 4.35. The number of carbonyl (C=O) groups is 2. The fourth-order valence-electron chi connectivity index (χ4n) is 4.35. The van der Waals surface area contributed by atoms with Gasteiger partial charge in [0.15, 0.2) is 0 Å². The van der Waals surface area contributed by atoms with Crippen molar-refractivity contribution in [2.45, 2.75) is 31.3 Å². The van der Waals surface area contributed by atoms with Crippen molar-refractivity contribution in [2.24, 2.45) is 5.73 Å². The molecule has 0 bridgehead atoms. The van der Waals surface area contributed by atoms with E-state index in [1.165, 1.54) is 18.2 Å². The monoisotopic (exact) mass is 441 g/mol. The van der Waals surface area contributed by atoms with Gasteiger partial charge in [-0.25, -0.2) is 9.18 Å². The van der Waals surface area contributed by atoms with E-state index in [0.29, 0.717) is 56.9 Å². The van der Waals surface area contributed by atoms with Crippen LogP contribution in [0.2, 0.25) is 0 Å². The van der Waals surface area contributed by atoms with E-state index in [9.17, 15) is 14.0 Å². The number of ether oxygens (including phenoxy) is 2. The molecule has 1 spiro atoms. The smallest absolute Gasteiger partial charge is 0.410 e. The van der Waals surface area contributed by atoms with Gasteiger partial charge in [0.2, 0.25) is 0 Å². The Morgan fingerprint density at radius 3 is 2.59 bits per heavy atom. The molecule has 2 N–H and O–H groups in total. The van der Waals surface area contributed by atoms with E-state index in [-0.39, 0.29) is 17.6 Å². The third-order valence-electron chi connectivity index (χ3n) is 6.09. The van der Waals surface area contributed by atoms with Gasteiger partial charge in [-0.2, -0.15) is 0 Å². The van der Waals surface area contributed by atoms with E-state index in [1.807, 2.05) is 24.3 Å². The minimum atomic E-state index is -0.591. The highest BCUT2D eigenvalue weighted by molar-refractivity contribution is 5.95. The molecular formula is C24H28FN3O4. The fraction of sp³-hybridized carbons (Fsp3) is 0.417. The van der Waals surface area contributed by atoms with Gasteiger partial charge in [0, 0.05) is 26.6 Å². The van der Waals surface area contributed by atoms with E-state index < -0.39 is 11.4 Å². The molecule has 170 valence electrons. The molecule has 1 unspecified atom stereocenters. The zero-order chi connectivity index (χ0) is 22.7. The quantitative estimate of drug-likeness (QED) is 0.767. The highest BCUT2D eigenvalue weighted by Gasteiger charge is 2.44. The molecule has 0 aliphatic carbocycles. The molecule has 2 heterocycles. The number of halogens is 1. The van der Waals surface area contributed by atoms with Crippen LogP contribution in [-0.2, 0) is 11.2 Å². The van der Waals surface area contributed by atoms with Crippen molar-refractivity contribution in [1.82, 2.24) is 9.80 Å². The number of benzene rings is 2. The Bertz CT molecular complexity index is 997. The standard InChI is InChI=1S/C24H28FN3O4/c1-27-16-24(32-23(27)30)10-2-13-28(14-11-24)22(29)20-15-19(7-8-21(20)25)31-18-5-3-17(4-6-18)9-12-26/h3-8,15H,2,9-14,16,26H2,1H3. The SMILES string of the molecule is CN1CC2(CCCN(C(=O)c3cc(Oc4ccc(CCN)cc4)ccc3F)CC2)OC1=O. The Kier molecular flexibility index (Phi) is 6.32. The summed E-state index contributed by atoms with van der Waals surface area (Å²) in [6, 6.07) is 11.7. The molecule has 8 heteroatoms. The summed E-state index contributed by atoms with van der Waals surface area (Å²) in [6.45, 7) is 1.96. The zero-order valence-corrected chi connectivity index (χ0v) is 18.2. The largest absolute Gasteiger partial charge is 0.457 e. The van der Waals surface area contributed by atoms with Crippen LogP contribution in [0.4, 0.5) is 9.18 Å². The maximum absolute atomic E-state index is 14.6. The van der Waals surface area contributed by atoms with Crippen LogP contribution in [0.3, 0.4) is 0 Å². The Labute approximate surface area is 186 Å². The first-order chi connectivity index (χ1) is 15.4. The van der Waals surface area contributed by atoms with E-state index in [2.05, 4.69) is 0 Å². The van der Waals surface area contributed by atoms with Crippen LogP contribution < -0.4 is 10.5 Å². The lowest BCUT2D eigenvalue weighted by Crippen LogP contribution is -2.37. The number of hydrogen-bond acceptors (Lipinski definition) is 5. The number of carbonyl (C=O) groups excluding carboxylic acids is 2. The Balaban J connectivity index is 1.46. The van der Waals surface area contributed by atoms with Crippen LogP contribution in [0, 0.1) is 5.82 Å². The first-order valence-corrected chi connectivity index (χ1v) is 10.9. The van der Waals surface area contributed by atoms with Crippen molar-refractivity contribution in [1.29, 1.82) is 0 Å². The second-order valence-electron chi connectivity index (χ2n) is 8.48. The van der Waals surface area contributed by atoms with Gasteiger partial charge in [-0.1, -0.05) is 12.1 Å². The summed E-state index contributed by atoms with van der Waals surface area (Å²) < 4.78 is 26.0. The molecule has 2 saturated heterocycles. The van der Waals surface area contributed by atoms with Crippen molar-refractivity contribution in [3.05, 3.63) is 59.4 Å². The van der Waals surface area contributed by atoms with E-state index in [4.69, 9.17) is 15.2 Å². The molecule has 7 nitrogen and oxygen atoms in total. The molecule has 2 aromatic carbocycles. The number of likely N-dealkylation sites (tertiary alicyclic amines) is 1. The summed E-state index contributed by atoms with van der Waals surface area (Å²) in [7, 11) is 1.71. The average molecular weight is 442 g/mol. The molecule has 0 saturated carbocycles. The normalized spacial score (nSPS) is 20.9. The third kappa shape index (κ3) is 4.70. The van der Waals surface area contributed by atoms with Crippen LogP contribution in [-0.4, -0.2) is 60.6 Å². The van der Waals surface area contributed by atoms with Gasteiger partial charge in [0.25, 0.3) is 5.91 Å². The first kappa shape index (κ1) is 22.1. The van der Waals surface area contributed by atoms with Crippen molar-refractivity contribution in [3.8, 4) is 11.5 Å². The minimum absolute atomic E-state index is 0.0289. The van der Waals surface area contributed by atoms with Crippen LogP contribution in [0.15, 0.2) is 42.5 Å². The number of likely N-dealkylation sites (N-methyl/N-ethyl adjacent to an activating group) is 1. The maximum atomic E-state index is 14.6. The third-order valence-corrected chi connectivity index (χ3v) is 6.09. The molecule has 0 radical (unpaired) electrons. The van der Waals surface area contributed by atoms with Gasteiger partial charge in [0.05, 0.1) is 12.1 Å². The highest BCUT2D eigenvalue weighted by atomic mass is 19.1. The number of hydrogen-bond donors (Lipinski definition) is 1. The van der Waals surface area contributed by atoms with Gasteiger partial charge in [0.1, 0.15) is 22.9 Å². The predicted molar refractivity (Wildman–Crippen MR) is 117 cm³/mol. The zero-order valence-electron chi connectivity index (χ0n) is 18.2. The first-order valence-electron chi connectivity index (χ1n) is 10.9. The molecule has 32 heavy (non-hydrogen) atoms. The molecule has 2 fully saturated rings. The molecule has 2 amide bonds.